The molecular weight excluding hydrogens is 286 g/mol. The highest BCUT2D eigenvalue weighted by atomic mass is 16.5. The third-order valence-corrected chi connectivity index (χ3v) is 3.77. The Morgan fingerprint density at radius 3 is 3.00 bits per heavy atom. The number of likely N-dealkylation sites (tertiary alicyclic amines) is 1. The monoisotopic (exact) mass is 305 g/mol. The molecule has 0 saturated carbocycles. The zero-order valence-corrected chi connectivity index (χ0v) is 12.6. The number of aryl methyl sites for hydroxylation is 2. The van der Waals surface area contributed by atoms with Crippen LogP contribution < -0.4 is 5.56 Å². The quantitative estimate of drug-likeness (QED) is 0.838. The Hall–Kier alpha value is -2.06. The Morgan fingerprint density at radius 2 is 2.32 bits per heavy atom. The lowest BCUT2D eigenvalue weighted by Crippen LogP contribution is -2.27. The summed E-state index contributed by atoms with van der Waals surface area (Å²) < 4.78 is 5.23. The van der Waals surface area contributed by atoms with Crippen LogP contribution in [0, 0.1) is 6.92 Å². The van der Waals surface area contributed by atoms with Gasteiger partial charge >= 0.3 is 0 Å². The molecule has 8 nitrogen and oxygen atoms in total. The van der Waals surface area contributed by atoms with Gasteiger partial charge in [-0.2, -0.15) is 4.98 Å². The first-order valence-electron chi connectivity index (χ1n) is 7.36. The van der Waals surface area contributed by atoms with Gasteiger partial charge in [-0.25, -0.2) is 4.98 Å². The molecule has 3 heterocycles. The number of hydrogen-bond acceptors (Lipinski definition) is 7. The molecule has 1 aliphatic heterocycles. The fraction of sp³-hybridized carbons (Fsp3) is 0.571. The number of aliphatic hydroxyl groups is 1. The van der Waals surface area contributed by atoms with Crippen molar-refractivity contribution in [2.75, 3.05) is 6.54 Å². The third kappa shape index (κ3) is 3.07. The van der Waals surface area contributed by atoms with E-state index in [9.17, 15) is 9.90 Å². The fourth-order valence-electron chi connectivity index (χ4n) is 2.77. The van der Waals surface area contributed by atoms with Crippen LogP contribution in [-0.4, -0.2) is 42.8 Å². The van der Waals surface area contributed by atoms with Gasteiger partial charge in [0.25, 0.3) is 5.56 Å². The SMILES string of the molecule is CCc1cc(=O)[nH]c(CN2C[C@@H](O)C[C@@H]2c2nc(C)no2)n1. The van der Waals surface area contributed by atoms with E-state index in [2.05, 4.69) is 20.1 Å². The lowest BCUT2D eigenvalue weighted by Gasteiger charge is -2.20. The van der Waals surface area contributed by atoms with Gasteiger partial charge in [-0.1, -0.05) is 12.1 Å². The number of nitrogens with zero attached hydrogens (tertiary/aromatic N) is 4. The van der Waals surface area contributed by atoms with Crippen LogP contribution in [0.25, 0.3) is 0 Å². The van der Waals surface area contributed by atoms with Crippen molar-refractivity contribution in [1.82, 2.24) is 25.0 Å². The number of aliphatic hydroxyl groups excluding tert-OH is 1. The van der Waals surface area contributed by atoms with E-state index in [0.717, 1.165) is 5.69 Å². The number of nitrogens with one attached hydrogen (secondary N) is 1. The molecule has 118 valence electrons. The normalized spacial score (nSPS) is 22.3. The first kappa shape index (κ1) is 14.9. The maximum Gasteiger partial charge on any atom is 0.251 e. The van der Waals surface area contributed by atoms with Gasteiger partial charge in [0.2, 0.25) is 5.89 Å². The molecule has 0 radical (unpaired) electrons. The highest BCUT2D eigenvalue weighted by Crippen LogP contribution is 2.31. The van der Waals surface area contributed by atoms with Gasteiger partial charge in [0.1, 0.15) is 5.82 Å². The number of hydrogen-bond donors (Lipinski definition) is 2. The van der Waals surface area contributed by atoms with Crippen LogP contribution in [0.4, 0.5) is 0 Å². The van der Waals surface area contributed by atoms with Gasteiger partial charge in [-0.05, 0) is 19.8 Å². The van der Waals surface area contributed by atoms with Gasteiger partial charge in [-0.3, -0.25) is 9.69 Å². The van der Waals surface area contributed by atoms with Gasteiger partial charge < -0.3 is 14.6 Å². The minimum atomic E-state index is -0.460. The van der Waals surface area contributed by atoms with Crippen molar-refractivity contribution < 1.29 is 9.63 Å². The summed E-state index contributed by atoms with van der Waals surface area (Å²) in [4.78, 5) is 25.1. The van der Waals surface area contributed by atoms with E-state index in [-0.39, 0.29) is 11.6 Å². The van der Waals surface area contributed by atoms with Gasteiger partial charge in [0, 0.05) is 18.3 Å². The summed E-state index contributed by atoms with van der Waals surface area (Å²) in [5.74, 6) is 1.64. The summed E-state index contributed by atoms with van der Waals surface area (Å²) in [5, 5.41) is 13.7. The Labute approximate surface area is 127 Å². The molecule has 8 heteroatoms. The predicted octanol–water partition coefficient (Wildman–Crippen LogP) is 0.332. The van der Waals surface area contributed by atoms with E-state index >= 15 is 0 Å². The van der Waals surface area contributed by atoms with Crippen LogP contribution in [0.5, 0.6) is 0 Å². The second-order valence-corrected chi connectivity index (χ2v) is 5.55. The molecule has 0 aliphatic carbocycles. The number of H-pyrrole nitrogens is 1. The number of rotatable bonds is 4. The highest BCUT2D eigenvalue weighted by molar-refractivity contribution is 5.05. The van der Waals surface area contributed by atoms with Crippen LogP contribution >= 0.6 is 0 Å². The first-order valence-corrected chi connectivity index (χ1v) is 7.36. The van der Waals surface area contributed by atoms with E-state index in [0.29, 0.717) is 43.5 Å². The third-order valence-electron chi connectivity index (χ3n) is 3.77. The minimum absolute atomic E-state index is 0.160. The van der Waals surface area contributed by atoms with E-state index < -0.39 is 6.10 Å². The molecule has 0 bridgehead atoms. The molecule has 0 unspecified atom stereocenters. The number of β-amino-alcohol motifs (C(OH)–C–C–N with tert-alkyl or cyclic N) is 1. The van der Waals surface area contributed by atoms with Crippen LogP contribution in [0.2, 0.25) is 0 Å². The van der Waals surface area contributed by atoms with Crippen LogP contribution in [0.15, 0.2) is 15.4 Å². The molecule has 0 amide bonds. The van der Waals surface area contributed by atoms with Crippen molar-refractivity contribution >= 4 is 0 Å². The highest BCUT2D eigenvalue weighted by Gasteiger charge is 2.36. The smallest absolute Gasteiger partial charge is 0.251 e. The van der Waals surface area contributed by atoms with Crippen molar-refractivity contribution in [3.63, 3.8) is 0 Å². The number of aromatic nitrogens is 4. The van der Waals surface area contributed by atoms with Crippen molar-refractivity contribution in [3.05, 3.63) is 39.7 Å². The molecule has 2 atom stereocenters. The zero-order valence-electron chi connectivity index (χ0n) is 12.6. The molecule has 1 saturated heterocycles. The van der Waals surface area contributed by atoms with Crippen molar-refractivity contribution in [2.24, 2.45) is 0 Å². The summed E-state index contributed by atoms with van der Waals surface area (Å²) in [6.07, 6.45) is 0.767. The van der Waals surface area contributed by atoms with Gasteiger partial charge in [0.15, 0.2) is 5.82 Å². The van der Waals surface area contributed by atoms with Crippen LogP contribution in [-0.2, 0) is 13.0 Å². The zero-order chi connectivity index (χ0) is 15.7. The summed E-state index contributed by atoms with van der Waals surface area (Å²) in [7, 11) is 0. The minimum Gasteiger partial charge on any atom is -0.392 e. The molecule has 22 heavy (non-hydrogen) atoms. The topological polar surface area (TPSA) is 108 Å². The van der Waals surface area contributed by atoms with Crippen molar-refractivity contribution in [2.45, 2.75) is 45.4 Å². The molecular formula is C14H19N5O3. The molecule has 0 spiro atoms. The summed E-state index contributed by atoms with van der Waals surface area (Å²) in [6, 6.07) is 1.34. The molecule has 1 aliphatic rings. The maximum absolute atomic E-state index is 11.7. The summed E-state index contributed by atoms with van der Waals surface area (Å²) in [6.45, 7) is 4.61. The Kier molecular flexibility index (Phi) is 4.04. The van der Waals surface area contributed by atoms with Crippen LogP contribution in [0.3, 0.4) is 0 Å². The van der Waals surface area contributed by atoms with Gasteiger partial charge in [-0.15, -0.1) is 0 Å². The average molecular weight is 305 g/mol. The maximum atomic E-state index is 11.7. The summed E-state index contributed by atoms with van der Waals surface area (Å²) >= 11 is 0. The number of aromatic amines is 1. The predicted molar refractivity (Wildman–Crippen MR) is 77.0 cm³/mol. The fourth-order valence-corrected chi connectivity index (χ4v) is 2.77. The molecule has 3 rings (SSSR count). The van der Waals surface area contributed by atoms with Crippen molar-refractivity contribution in [3.8, 4) is 0 Å². The average Bonchev–Trinajstić information content (AvgIpc) is 3.04. The van der Waals surface area contributed by atoms with Crippen molar-refractivity contribution in [1.29, 1.82) is 0 Å². The molecule has 2 aromatic rings. The molecule has 2 aromatic heterocycles. The lowest BCUT2D eigenvalue weighted by molar-refractivity contribution is 0.167. The summed E-state index contributed by atoms with van der Waals surface area (Å²) in [5.41, 5.74) is 0.593. The van der Waals surface area contributed by atoms with E-state index in [1.54, 1.807) is 6.92 Å². The van der Waals surface area contributed by atoms with E-state index in [1.165, 1.54) is 6.07 Å². The molecule has 0 aromatic carbocycles. The standard InChI is InChI=1S/C14H19N5O3/c1-3-9-4-13(21)17-12(16-9)7-19-6-10(20)5-11(19)14-15-8(2)18-22-14/h4,10-11,20H,3,5-7H2,1-2H3,(H,16,17,21)/t10-,11+/m0/s1. The first-order chi connectivity index (χ1) is 10.5. The van der Waals surface area contributed by atoms with E-state index in [1.807, 2.05) is 11.8 Å². The second-order valence-electron chi connectivity index (χ2n) is 5.55. The molecule has 2 N–H and O–H groups in total. The Bertz CT molecular complexity index is 710. The Balaban J connectivity index is 1.83. The largest absolute Gasteiger partial charge is 0.392 e. The Morgan fingerprint density at radius 1 is 1.50 bits per heavy atom. The molecule has 1 fully saturated rings. The second kappa shape index (κ2) is 5.98. The lowest BCUT2D eigenvalue weighted by atomic mass is 10.2. The van der Waals surface area contributed by atoms with Crippen LogP contribution in [0.1, 0.15) is 42.6 Å². The van der Waals surface area contributed by atoms with E-state index in [4.69, 9.17) is 4.52 Å². The van der Waals surface area contributed by atoms with Gasteiger partial charge in [0.05, 0.1) is 18.7 Å².